The number of nitrogens with zero attached hydrogens (tertiary/aromatic N) is 2. The van der Waals surface area contributed by atoms with Gasteiger partial charge in [0.2, 0.25) is 0 Å². The molecule has 5 rings (SSSR count). The maximum absolute atomic E-state index is 12.9. The number of hydrogen-bond acceptors (Lipinski definition) is 6. The average molecular weight is 467 g/mol. The summed E-state index contributed by atoms with van der Waals surface area (Å²) in [6.45, 7) is 10.0. The summed E-state index contributed by atoms with van der Waals surface area (Å²) in [5.41, 5.74) is 5.18. The number of thiophene rings is 1. The standard InChI is InChI=1S/C26H30N2O4S/c1-18-2-7-23(24(29)12-18)28-14-21-22(26(28)30)17-33-25(21)16-32-15-20-5-3-19(4-6-20)13-27-8-10-31-11-9-27/h3-6,17,23H,1-2,7-16H2/t23-/m0/s1. The maximum atomic E-state index is 12.9. The number of morpholine rings is 1. The van der Waals surface area contributed by atoms with Gasteiger partial charge in [-0.25, -0.2) is 0 Å². The molecule has 1 saturated carbocycles. The highest BCUT2D eigenvalue weighted by molar-refractivity contribution is 7.10. The number of amides is 1. The van der Waals surface area contributed by atoms with Crippen molar-refractivity contribution in [2.24, 2.45) is 0 Å². The molecule has 1 atom stereocenters. The summed E-state index contributed by atoms with van der Waals surface area (Å²) in [4.78, 5) is 30.6. The van der Waals surface area contributed by atoms with Gasteiger partial charge < -0.3 is 14.4 Å². The highest BCUT2D eigenvalue weighted by atomic mass is 32.1. The van der Waals surface area contributed by atoms with Crippen molar-refractivity contribution in [1.29, 1.82) is 0 Å². The lowest BCUT2D eigenvalue weighted by molar-refractivity contribution is -0.124. The first-order chi connectivity index (χ1) is 16.1. The van der Waals surface area contributed by atoms with Crippen molar-refractivity contribution >= 4 is 23.0 Å². The molecule has 0 N–H and O–H groups in total. The molecule has 2 aliphatic heterocycles. The van der Waals surface area contributed by atoms with Crippen LogP contribution in [0.2, 0.25) is 0 Å². The Bertz CT molecular complexity index is 1040. The molecule has 1 aromatic carbocycles. The topological polar surface area (TPSA) is 59.1 Å². The van der Waals surface area contributed by atoms with Gasteiger partial charge in [-0.05, 0) is 24.0 Å². The van der Waals surface area contributed by atoms with Crippen LogP contribution in [0.25, 0.3) is 0 Å². The van der Waals surface area contributed by atoms with Crippen LogP contribution in [0, 0.1) is 0 Å². The molecule has 1 aliphatic carbocycles. The molecule has 1 saturated heterocycles. The number of allylic oxidation sites excluding steroid dienone is 1. The lowest BCUT2D eigenvalue weighted by Gasteiger charge is -2.30. The zero-order valence-electron chi connectivity index (χ0n) is 18.9. The van der Waals surface area contributed by atoms with E-state index in [1.54, 1.807) is 16.2 Å². The van der Waals surface area contributed by atoms with E-state index in [2.05, 4.69) is 35.7 Å². The number of carbonyl (C=O) groups is 2. The minimum atomic E-state index is -0.315. The third-order valence-electron chi connectivity index (χ3n) is 6.78. The van der Waals surface area contributed by atoms with Crippen molar-refractivity contribution in [1.82, 2.24) is 9.80 Å². The molecule has 174 valence electrons. The van der Waals surface area contributed by atoms with Crippen LogP contribution in [0.5, 0.6) is 0 Å². The molecule has 1 aromatic heterocycles. The largest absolute Gasteiger partial charge is 0.379 e. The van der Waals surface area contributed by atoms with Crippen LogP contribution in [0.15, 0.2) is 41.8 Å². The van der Waals surface area contributed by atoms with Crippen LogP contribution in [0.3, 0.4) is 0 Å². The second kappa shape index (κ2) is 9.89. The minimum absolute atomic E-state index is 0.0192. The van der Waals surface area contributed by atoms with Crippen molar-refractivity contribution in [3.63, 3.8) is 0 Å². The predicted octanol–water partition coefficient (Wildman–Crippen LogP) is 3.93. The van der Waals surface area contributed by atoms with Gasteiger partial charge in [-0.2, -0.15) is 0 Å². The van der Waals surface area contributed by atoms with E-state index in [0.717, 1.165) is 66.4 Å². The molecular weight excluding hydrogens is 436 g/mol. The van der Waals surface area contributed by atoms with Crippen LogP contribution >= 0.6 is 11.3 Å². The molecule has 2 fully saturated rings. The van der Waals surface area contributed by atoms with Crippen molar-refractivity contribution in [2.75, 3.05) is 26.3 Å². The van der Waals surface area contributed by atoms with Crippen molar-refractivity contribution in [3.8, 4) is 0 Å². The summed E-state index contributed by atoms with van der Waals surface area (Å²) in [6.07, 6.45) is 1.89. The van der Waals surface area contributed by atoms with Gasteiger partial charge in [-0.15, -0.1) is 11.3 Å². The molecule has 2 aromatic rings. The Hall–Kier alpha value is -2.32. The van der Waals surface area contributed by atoms with Gasteiger partial charge in [0.1, 0.15) is 0 Å². The summed E-state index contributed by atoms with van der Waals surface area (Å²) in [5, 5.41) is 1.92. The van der Waals surface area contributed by atoms with Crippen LogP contribution in [0.4, 0.5) is 0 Å². The summed E-state index contributed by atoms with van der Waals surface area (Å²) < 4.78 is 11.4. The van der Waals surface area contributed by atoms with Crippen molar-refractivity contribution < 1.29 is 19.1 Å². The summed E-state index contributed by atoms with van der Waals surface area (Å²) in [5.74, 6) is 0.0949. The van der Waals surface area contributed by atoms with Gasteiger partial charge in [0, 0.05) is 48.4 Å². The normalized spacial score (nSPS) is 21.6. The first-order valence-corrected chi connectivity index (χ1v) is 12.5. The third kappa shape index (κ3) is 4.96. The van der Waals surface area contributed by atoms with Crippen LogP contribution in [0.1, 0.15) is 51.2 Å². The lowest BCUT2D eigenvalue weighted by atomic mass is 9.90. The van der Waals surface area contributed by atoms with Gasteiger partial charge in [0.25, 0.3) is 5.91 Å². The maximum Gasteiger partial charge on any atom is 0.255 e. The Balaban J connectivity index is 1.14. The number of ketones is 1. The summed E-state index contributed by atoms with van der Waals surface area (Å²) >= 11 is 1.58. The molecule has 6 nitrogen and oxygen atoms in total. The Kier molecular flexibility index (Phi) is 6.74. The second-order valence-electron chi connectivity index (χ2n) is 9.13. The van der Waals surface area contributed by atoms with E-state index in [4.69, 9.17) is 9.47 Å². The second-order valence-corrected chi connectivity index (χ2v) is 10.1. The number of hydrogen-bond donors (Lipinski definition) is 0. The summed E-state index contributed by atoms with van der Waals surface area (Å²) in [7, 11) is 0. The molecule has 3 aliphatic rings. The number of carbonyl (C=O) groups excluding carboxylic acids is 2. The van der Waals surface area contributed by atoms with Crippen LogP contribution in [-0.2, 0) is 40.6 Å². The first kappa shape index (κ1) is 22.5. The van der Waals surface area contributed by atoms with Crippen molar-refractivity contribution in [3.05, 3.63) is 68.9 Å². The Labute approximate surface area is 198 Å². The molecule has 0 bridgehead atoms. The molecule has 1 amide bonds. The number of Topliss-reactive ketones (excluding diaryl/α,β-unsaturated/α-hetero) is 1. The Morgan fingerprint density at radius 3 is 2.61 bits per heavy atom. The predicted molar refractivity (Wildman–Crippen MR) is 127 cm³/mol. The molecule has 0 radical (unpaired) electrons. The zero-order chi connectivity index (χ0) is 22.8. The van der Waals surface area contributed by atoms with Crippen molar-refractivity contribution in [2.45, 2.75) is 51.6 Å². The Morgan fingerprint density at radius 1 is 1.09 bits per heavy atom. The number of rotatable bonds is 7. The average Bonchev–Trinajstić information content (AvgIpc) is 3.36. The fourth-order valence-electron chi connectivity index (χ4n) is 4.85. The van der Waals surface area contributed by atoms with E-state index in [1.165, 1.54) is 5.56 Å². The zero-order valence-corrected chi connectivity index (χ0v) is 19.7. The van der Waals surface area contributed by atoms with Gasteiger partial charge in [-0.1, -0.05) is 36.4 Å². The SMILES string of the molecule is C=C1CC[C@H](N2Cc3c(csc3COCc3ccc(CN4CCOCC4)cc3)C2=O)C(=O)C1. The molecule has 0 spiro atoms. The van der Waals surface area contributed by atoms with E-state index in [-0.39, 0.29) is 17.7 Å². The smallest absolute Gasteiger partial charge is 0.255 e. The Morgan fingerprint density at radius 2 is 1.85 bits per heavy atom. The fourth-order valence-corrected chi connectivity index (χ4v) is 5.82. The highest BCUT2D eigenvalue weighted by Crippen LogP contribution is 2.35. The summed E-state index contributed by atoms with van der Waals surface area (Å²) in [6, 6.07) is 8.28. The van der Waals surface area contributed by atoms with E-state index in [9.17, 15) is 9.59 Å². The van der Waals surface area contributed by atoms with Gasteiger partial charge in [0.05, 0.1) is 38.0 Å². The quantitative estimate of drug-likeness (QED) is 0.579. The minimum Gasteiger partial charge on any atom is -0.379 e. The van der Waals surface area contributed by atoms with Crippen LogP contribution in [-0.4, -0.2) is 53.8 Å². The van der Waals surface area contributed by atoms with Gasteiger partial charge >= 0.3 is 0 Å². The fraction of sp³-hybridized carbons (Fsp3) is 0.462. The van der Waals surface area contributed by atoms with E-state index >= 15 is 0 Å². The monoisotopic (exact) mass is 466 g/mol. The molecule has 3 heterocycles. The van der Waals surface area contributed by atoms with E-state index in [1.807, 2.05) is 5.38 Å². The first-order valence-electron chi connectivity index (χ1n) is 11.6. The number of ether oxygens (including phenoxy) is 2. The molecule has 33 heavy (non-hydrogen) atoms. The number of fused-ring (bicyclic) bond motifs is 1. The van der Waals surface area contributed by atoms with E-state index < -0.39 is 0 Å². The third-order valence-corrected chi connectivity index (χ3v) is 7.78. The lowest BCUT2D eigenvalue weighted by Crippen LogP contribution is -2.43. The highest BCUT2D eigenvalue weighted by Gasteiger charge is 2.39. The number of benzene rings is 1. The molecular formula is C26H30N2O4S. The van der Waals surface area contributed by atoms with Gasteiger partial charge in [-0.3, -0.25) is 14.5 Å². The van der Waals surface area contributed by atoms with Gasteiger partial charge in [0.15, 0.2) is 5.78 Å². The van der Waals surface area contributed by atoms with Crippen LogP contribution < -0.4 is 0 Å². The molecule has 0 unspecified atom stereocenters. The molecule has 7 heteroatoms. The van der Waals surface area contributed by atoms with E-state index in [0.29, 0.717) is 32.6 Å².